The monoisotopic (exact) mass is 221 g/mol. The third kappa shape index (κ3) is 2.24. The van der Waals surface area contributed by atoms with Gasteiger partial charge in [-0.1, -0.05) is 0 Å². The summed E-state index contributed by atoms with van der Waals surface area (Å²) in [6.45, 7) is 2.09. The van der Waals surface area contributed by atoms with E-state index in [1.54, 1.807) is 0 Å². The van der Waals surface area contributed by atoms with E-state index in [4.69, 9.17) is 10.8 Å². The average Bonchev–Trinajstić information content (AvgIpc) is 3.03. The molecule has 86 valence electrons. The number of hydrogen-bond acceptors (Lipinski definition) is 4. The molecule has 0 saturated heterocycles. The zero-order chi connectivity index (χ0) is 11.7. The van der Waals surface area contributed by atoms with Gasteiger partial charge in [-0.2, -0.15) is 0 Å². The molecule has 1 aromatic heterocycles. The number of carbonyl (C=O) groups is 1. The van der Waals surface area contributed by atoms with Crippen LogP contribution in [0.2, 0.25) is 0 Å². The van der Waals surface area contributed by atoms with Crippen LogP contribution in [0.15, 0.2) is 12.3 Å². The number of nitrogens with zero attached hydrogens (tertiary/aromatic N) is 1. The number of anilines is 2. The van der Waals surface area contributed by atoms with Crippen LogP contribution in [0.4, 0.5) is 11.5 Å². The molecule has 1 fully saturated rings. The summed E-state index contributed by atoms with van der Waals surface area (Å²) < 4.78 is 0. The number of carboxylic acid groups (broad SMARTS) is 1. The van der Waals surface area contributed by atoms with Crippen molar-refractivity contribution in [1.29, 1.82) is 0 Å². The maximum atomic E-state index is 10.7. The molecule has 0 spiro atoms. The smallest absolute Gasteiger partial charge is 0.337 e. The molecular formula is C11H15N3O2. The number of rotatable bonds is 4. The van der Waals surface area contributed by atoms with Gasteiger partial charge in [-0.3, -0.25) is 0 Å². The lowest BCUT2D eigenvalue weighted by Gasteiger charge is -2.15. The van der Waals surface area contributed by atoms with E-state index in [1.807, 2.05) is 0 Å². The number of pyridine rings is 1. The lowest BCUT2D eigenvalue weighted by molar-refractivity contribution is 0.0696. The molecule has 1 aliphatic carbocycles. The average molecular weight is 221 g/mol. The van der Waals surface area contributed by atoms with Crippen molar-refractivity contribution in [2.75, 3.05) is 11.1 Å². The summed E-state index contributed by atoms with van der Waals surface area (Å²) in [5.74, 6) is 0.255. The fourth-order valence-electron chi connectivity index (χ4n) is 1.65. The minimum absolute atomic E-state index is 0.113. The van der Waals surface area contributed by atoms with Gasteiger partial charge < -0.3 is 16.2 Å². The molecule has 16 heavy (non-hydrogen) atoms. The third-order valence-corrected chi connectivity index (χ3v) is 2.86. The fraction of sp³-hybridized carbons (Fsp3) is 0.455. The first-order valence-electron chi connectivity index (χ1n) is 5.33. The quantitative estimate of drug-likeness (QED) is 0.718. The summed E-state index contributed by atoms with van der Waals surface area (Å²) in [4.78, 5) is 14.7. The molecule has 0 bridgehead atoms. The van der Waals surface area contributed by atoms with E-state index < -0.39 is 5.97 Å². The van der Waals surface area contributed by atoms with Crippen LogP contribution >= 0.6 is 0 Å². The van der Waals surface area contributed by atoms with Crippen molar-refractivity contribution in [3.05, 3.63) is 17.8 Å². The molecule has 0 amide bonds. The molecule has 5 nitrogen and oxygen atoms in total. The number of aromatic carboxylic acids is 1. The Labute approximate surface area is 93.7 Å². The minimum atomic E-state index is -1.01. The molecule has 1 heterocycles. The summed E-state index contributed by atoms with van der Waals surface area (Å²) in [7, 11) is 0. The molecular weight excluding hydrogens is 206 g/mol. The highest BCUT2D eigenvalue weighted by Gasteiger charge is 2.28. The normalized spacial score (nSPS) is 16.8. The maximum absolute atomic E-state index is 10.7. The molecule has 0 aromatic carbocycles. The molecule has 1 aliphatic rings. The largest absolute Gasteiger partial charge is 0.478 e. The predicted octanol–water partition coefficient (Wildman–Crippen LogP) is 1.57. The molecule has 1 atom stereocenters. The predicted molar refractivity (Wildman–Crippen MR) is 61.4 cm³/mol. The van der Waals surface area contributed by atoms with Gasteiger partial charge in [0.25, 0.3) is 0 Å². The topological polar surface area (TPSA) is 88.2 Å². The first-order valence-corrected chi connectivity index (χ1v) is 5.33. The Balaban J connectivity index is 2.12. The van der Waals surface area contributed by atoms with Crippen LogP contribution in [-0.4, -0.2) is 22.1 Å². The third-order valence-electron chi connectivity index (χ3n) is 2.86. The molecule has 4 N–H and O–H groups in total. The standard InChI is InChI=1S/C11H15N3O2/c1-6(7-2-3-7)14-10-9(12)4-8(5-13-10)11(15)16/h4-7H,2-3,12H2,1H3,(H,13,14)(H,15,16). The number of nitrogens with two attached hydrogens (primary N) is 1. The summed E-state index contributed by atoms with van der Waals surface area (Å²) in [5, 5.41) is 12.0. The van der Waals surface area contributed by atoms with Crippen LogP contribution in [0.5, 0.6) is 0 Å². The highest BCUT2D eigenvalue weighted by molar-refractivity contribution is 5.89. The summed E-state index contributed by atoms with van der Waals surface area (Å²) in [6, 6.07) is 1.77. The van der Waals surface area contributed by atoms with E-state index in [2.05, 4.69) is 17.2 Å². The van der Waals surface area contributed by atoms with E-state index >= 15 is 0 Å². The van der Waals surface area contributed by atoms with Crippen molar-refractivity contribution < 1.29 is 9.90 Å². The Morgan fingerprint density at radius 2 is 2.38 bits per heavy atom. The summed E-state index contributed by atoms with van der Waals surface area (Å²) in [5.41, 5.74) is 6.23. The second-order valence-corrected chi connectivity index (χ2v) is 4.24. The van der Waals surface area contributed by atoms with E-state index in [9.17, 15) is 4.79 Å². The van der Waals surface area contributed by atoms with E-state index in [0.717, 1.165) is 0 Å². The zero-order valence-electron chi connectivity index (χ0n) is 9.10. The van der Waals surface area contributed by atoms with Crippen LogP contribution < -0.4 is 11.1 Å². The lowest BCUT2D eigenvalue weighted by atomic mass is 10.2. The van der Waals surface area contributed by atoms with Gasteiger partial charge in [-0.15, -0.1) is 0 Å². The number of carboxylic acids is 1. The van der Waals surface area contributed by atoms with Gasteiger partial charge in [0.2, 0.25) is 0 Å². The van der Waals surface area contributed by atoms with Crippen molar-refractivity contribution in [3.8, 4) is 0 Å². The SMILES string of the molecule is CC(Nc1ncc(C(=O)O)cc1N)C1CC1. The molecule has 2 rings (SSSR count). The molecule has 0 aliphatic heterocycles. The van der Waals surface area contributed by atoms with Crippen molar-refractivity contribution in [2.24, 2.45) is 5.92 Å². The van der Waals surface area contributed by atoms with Crippen molar-refractivity contribution in [3.63, 3.8) is 0 Å². The van der Waals surface area contributed by atoms with Crippen LogP contribution in [-0.2, 0) is 0 Å². The van der Waals surface area contributed by atoms with Crippen LogP contribution in [0.3, 0.4) is 0 Å². The molecule has 1 unspecified atom stereocenters. The Hall–Kier alpha value is -1.78. The van der Waals surface area contributed by atoms with Crippen LogP contribution in [0.25, 0.3) is 0 Å². The number of nitrogen functional groups attached to an aromatic ring is 1. The van der Waals surface area contributed by atoms with E-state index in [-0.39, 0.29) is 5.56 Å². The molecule has 1 saturated carbocycles. The lowest BCUT2D eigenvalue weighted by Crippen LogP contribution is -2.19. The van der Waals surface area contributed by atoms with Gasteiger partial charge >= 0.3 is 5.97 Å². The van der Waals surface area contributed by atoms with Gasteiger partial charge in [0.05, 0.1) is 11.3 Å². The highest BCUT2D eigenvalue weighted by atomic mass is 16.4. The highest BCUT2D eigenvalue weighted by Crippen LogP contribution is 2.34. The van der Waals surface area contributed by atoms with Crippen molar-refractivity contribution in [2.45, 2.75) is 25.8 Å². The van der Waals surface area contributed by atoms with Crippen LogP contribution in [0.1, 0.15) is 30.1 Å². The van der Waals surface area contributed by atoms with E-state index in [1.165, 1.54) is 25.1 Å². The number of hydrogen-bond donors (Lipinski definition) is 3. The number of nitrogens with one attached hydrogen (secondary N) is 1. The summed E-state index contributed by atoms with van der Waals surface area (Å²) >= 11 is 0. The van der Waals surface area contributed by atoms with Gasteiger partial charge in [-0.05, 0) is 31.7 Å². The maximum Gasteiger partial charge on any atom is 0.337 e. The second-order valence-electron chi connectivity index (χ2n) is 4.24. The molecule has 5 heteroatoms. The van der Waals surface area contributed by atoms with Crippen LogP contribution in [0, 0.1) is 5.92 Å². The molecule has 1 aromatic rings. The van der Waals surface area contributed by atoms with E-state index in [0.29, 0.717) is 23.5 Å². The Bertz CT molecular complexity index is 416. The zero-order valence-corrected chi connectivity index (χ0v) is 9.10. The van der Waals surface area contributed by atoms with Crippen molar-refractivity contribution >= 4 is 17.5 Å². The van der Waals surface area contributed by atoms with Gasteiger partial charge in [0.1, 0.15) is 5.82 Å². The van der Waals surface area contributed by atoms with Gasteiger partial charge in [0.15, 0.2) is 0 Å². The minimum Gasteiger partial charge on any atom is -0.478 e. The first kappa shape index (κ1) is 10.7. The fourth-order valence-corrected chi connectivity index (χ4v) is 1.65. The Kier molecular flexibility index (Phi) is 2.68. The van der Waals surface area contributed by atoms with Crippen molar-refractivity contribution in [1.82, 2.24) is 4.98 Å². The Morgan fingerprint density at radius 1 is 1.69 bits per heavy atom. The summed E-state index contributed by atoms with van der Waals surface area (Å²) in [6.07, 6.45) is 3.79. The Morgan fingerprint density at radius 3 is 2.88 bits per heavy atom. The van der Waals surface area contributed by atoms with Gasteiger partial charge in [-0.25, -0.2) is 9.78 Å². The number of aromatic nitrogens is 1. The van der Waals surface area contributed by atoms with Gasteiger partial charge in [0, 0.05) is 12.2 Å². The first-order chi connectivity index (χ1) is 7.58. The molecule has 0 radical (unpaired) electrons. The second kappa shape index (κ2) is 4.00.